The molecule has 1 saturated heterocycles. The number of rotatable bonds is 10. The Morgan fingerprint density at radius 2 is 2.00 bits per heavy atom. The quantitative estimate of drug-likeness (QED) is 0.140. The number of anilines is 3. The lowest BCUT2D eigenvalue weighted by Gasteiger charge is -2.28. The predicted octanol–water partition coefficient (Wildman–Crippen LogP) is 4.97. The average Bonchev–Trinajstić information content (AvgIpc) is 3.48. The minimum Gasteiger partial charge on any atom is -0.391 e. The molecule has 6 rings (SSSR count). The standard InChI is InChI=1S/C34H39N9O2/c1-20(2)28-18-39-43-31(28)41-33(37-17-24-11-13-35-19-29(24)44)42-34(43)38-16-23-7-5-6-8-26(23)30-27-10-9-25(40-32(45)21(3)4)15-22(27)12-14-36-30/h5-10,12,14-15,18,20,24,29,35,44H,3,11,13,16-17,19H2,1-2,4H3,(H,40,45)(H2,37,38,41,42)/t24-,29+/m1/s1. The highest BCUT2D eigenvalue weighted by atomic mass is 16.3. The summed E-state index contributed by atoms with van der Waals surface area (Å²) < 4.78 is 1.75. The molecule has 0 saturated carbocycles. The highest BCUT2D eigenvalue weighted by Gasteiger charge is 2.23. The largest absolute Gasteiger partial charge is 0.391 e. The molecule has 2 atom stereocenters. The van der Waals surface area contributed by atoms with Gasteiger partial charge in [-0.2, -0.15) is 19.6 Å². The van der Waals surface area contributed by atoms with Gasteiger partial charge in [-0.3, -0.25) is 9.78 Å². The van der Waals surface area contributed by atoms with Crippen molar-refractivity contribution in [1.29, 1.82) is 0 Å². The Morgan fingerprint density at radius 1 is 1.16 bits per heavy atom. The lowest BCUT2D eigenvalue weighted by molar-refractivity contribution is -0.112. The van der Waals surface area contributed by atoms with E-state index >= 15 is 0 Å². The number of β-amino-alcohol motifs (C(OH)–C–C–N with tert-alkyl or cyclic N) is 1. The molecule has 11 nitrogen and oxygen atoms in total. The highest BCUT2D eigenvalue weighted by Crippen LogP contribution is 2.31. The first-order valence-electron chi connectivity index (χ1n) is 15.3. The van der Waals surface area contributed by atoms with Gasteiger partial charge in [0.05, 0.1) is 18.0 Å². The van der Waals surface area contributed by atoms with Crippen LogP contribution >= 0.6 is 0 Å². The Balaban J connectivity index is 1.29. The van der Waals surface area contributed by atoms with E-state index in [4.69, 9.17) is 15.0 Å². The molecule has 1 aliphatic heterocycles. The SMILES string of the molecule is C=C(C)C(=O)Nc1ccc2c(-c3ccccc3CNc3nc(NC[C@H]4CCNC[C@@H]4O)nc4c(C(C)C)cnn34)nccc2c1. The van der Waals surface area contributed by atoms with Crippen LogP contribution in [0.5, 0.6) is 0 Å². The molecule has 0 bridgehead atoms. The topological polar surface area (TPSA) is 141 Å². The Bertz CT molecular complexity index is 1870. The van der Waals surface area contributed by atoms with Crippen LogP contribution in [-0.4, -0.2) is 61.3 Å². The number of hydrogen-bond acceptors (Lipinski definition) is 9. The number of aliphatic hydroxyl groups is 1. The van der Waals surface area contributed by atoms with Crippen LogP contribution in [0.3, 0.4) is 0 Å². The zero-order valence-corrected chi connectivity index (χ0v) is 25.8. The summed E-state index contributed by atoms with van der Waals surface area (Å²) in [6, 6.07) is 15.9. The van der Waals surface area contributed by atoms with Gasteiger partial charge >= 0.3 is 0 Å². The Labute approximate surface area is 262 Å². The molecular weight excluding hydrogens is 566 g/mol. The molecule has 3 aromatic heterocycles. The molecule has 2 aromatic carbocycles. The van der Waals surface area contributed by atoms with Gasteiger partial charge in [-0.25, -0.2) is 0 Å². The molecule has 5 N–H and O–H groups in total. The molecule has 0 spiro atoms. The number of aliphatic hydroxyl groups excluding tert-OH is 1. The lowest BCUT2D eigenvalue weighted by Crippen LogP contribution is -2.43. The molecule has 1 aliphatic rings. The van der Waals surface area contributed by atoms with Crippen LogP contribution in [0.2, 0.25) is 0 Å². The smallest absolute Gasteiger partial charge is 0.250 e. The molecule has 5 aromatic rings. The molecule has 0 radical (unpaired) electrons. The summed E-state index contributed by atoms with van der Waals surface area (Å²) in [5.41, 5.74) is 5.80. The number of nitrogens with one attached hydrogen (secondary N) is 4. The normalized spacial score (nSPS) is 16.6. The van der Waals surface area contributed by atoms with Gasteiger partial charge in [-0.05, 0) is 55.0 Å². The van der Waals surface area contributed by atoms with Gasteiger partial charge in [0.15, 0.2) is 5.65 Å². The van der Waals surface area contributed by atoms with Gasteiger partial charge in [0.25, 0.3) is 5.91 Å². The number of aromatic nitrogens is 5. The zero-order valence-electron chi connectivity index (χ0n) is 25.8. The van der Waals surface area contributed by atoms with Crippen LogP contribution in [0.4, 0.5) is 17.6 Å². The first kappa shape index (κ1) is 30.2. The van der Waals surface area contributed by atoms with Gasteiger partial charge in [-0.15, -0.1) is 0 Å². The number of amides is 1. The van der Waals surface area contributed by atoms with Crippen molar-refractivity contribution < 1.29 is 9.90 Å². The van der Waals surface area contributed by atoms with Crippen molar-refractivity contribution in [2.45, 2.75) is 45.8 Å². The van der Waals surface area contributed by atoms with Crippen LogP contribution in [0.25, 0.3) is 27.7 Å². The molecule has 45 heavy (non-hydrogen) atoms. The van der Waals surface area contributed by atoms with Crippen LogP contribution in [0.15, 0.2) is 73.1 Å². The molecule has 1 fully saturated rings. The second-order valence-corrected chi connectivity index (χ2v) is 11.9. The summed E-state index contributed by atoms with van der Waals surface area (Å²) in [7, 11) is 0. The van der Waals surface area contributed by atoms with Crippen molar-refractivity contribution in [3.8, 4) is 11.3 Å². The molecule has 11 heteroatoms. The van der Waals surface area contributed by atoms with Gasteiger partial charge in [0.1, 0.15) is 0 Å². The van der Waals surface area contributed by atoms with Crippen LogP contribution < -0.4 is 21.3 Å². The number of benzene rings is 2. The summed E-state index contributed by atoms with van der Waals surface area (Å²) in [6.07, 6.45) is 4.11. The van der Waals surface area contributed by atoms with Gasteiger partial charge in [0.2, 0.25) is 11.9 Å². The van der Waals surface area contributed by atoms with Crippen molar-refractivity contribution in [1.82, 2.24) is 29.9 Å². The predicted molar refractivity (Wildman–Crippen MR) is 178 cm³/mol. The molecule has 4 heterocycles. The second kappa shape index (κ2) is 13.0. The summed E-state index contributed by atoms with van der Waals surface area (Å²) >= 11 is 0. The van der Waals surface area contributed by atoms with E-state index in [1.165, 1.54) is 0 Å². The number of hydrogen-bond donors (Lipinski definition) is 5. The van der Waals surface area contributed by atoms with Gasteiger partial charge < -0.3 is 26.4 Å². The zero-order chi connectivity index (χ0) is 31.5. The van der Waals surface area contributed by atoms with Crippen molar-refractivity contribution in [3.05, 3.63) is 84.2 Å². The third kappa shape index (κ3) is 6.50. The summed E-state index contributed by atoms with van der Waals surface area (Å²) in [5, 5.41) is 30.0. The fourth-order valence-corrected chi connectivity index (χ4v) is 5.64. The molecule has 0 unspecified atom stereocenters. The molecule has 232 valence electrons. The third-order valence-electron chi connectivity index (χ3n) is 8.25. The Morgan fingerprint density at radius 3 is 2.80 bits per heavy atom. The van der Waals surface area contributed by atoms with E-state index in [0.29, 0.717) is 42.8 Å². The Hall–Kier alpha value is -4.87. The second-order valence-electron chi connectivity index (χ2n) is 11.9. The van der Waals surface area contributed by atoms with E-state index in [2.05, 4.69) is 58.9 Å². The fourth-order valence-electron chi connectivity index (χ4n) is 5.64. The third-order valence-corrected chi connectivity index (χ3v) is 8.25. The minimum absolute atomic E-state index is 0.121. The molecular formula is C34H39N9O2. The van der Waals surface area contributed by atoms with Crippen molar-refractivity contribution in [3.63, 3.8) is 0 Å². The lowest BCUT2D eigenvalue weighted by atomic mass is 9.95. The average molecular weight is 606 g/mol. The van der Waals surface area contributed by atoms with Crippen molar-refractivity contribution in [2.75, 3.05) is 35.6 Å². The first-order chi connectivity index (χ1) is 21.8. The maximum Gasteiger partial charge on any atom is 0.250 e. The fraction of sp³-hybridized carbons (Fsp3) is 0.324. The van der Waals surface area contributed by atoms with E-state index in [1.807, 2.05) is 42.6 Å². The number of carbonyl (C=O) groups is 1. The van der Waals surface area contributed by atoms with Crippen molar-refractivity contribution in [2.24, 2.45) is 5.92 Å². The van der Waals surface area contributed by atoms with Crippen molar-refractivity contribution >= 4 is 39.9 Å². The number of piperidine rings is 1. The van der Waals surface area contributed by atoms with Gasteiger partial charge in [0, 0.05) is 59.5 Å². The van der Waals surface area contributed by atoms with Crippen LogP contribution in [0, 0.1) is 5.92 Å². The molecule has 1 amide bonds. The Kier molecular flexibility index (Phi) is 8.72. The maximum atomic E-state index is 12.2. The summed E-state index contributed by atoms with van der Waals surface area (Å²) in [5.74, 6) is 1.21. The molecule has 0 aliphatic carbocycles. The maximum absolute atomic E-state index is 12.2. The summed E-state index contributed by atoms with van der Waals surface area (Å²) in [6.45, 7) is 12.2. The monoisotopic (exact) mass is 605 g/mol. The number of carbonyl (C=O) groups excluding carboxylic acids is 1. The van der Waals surface area contributed by atoms with Crippen LogP contribution in [-0.2, 0) is 11.3 Å². The van der Waals surface area contributed by atoms with E-state index in [1.54, 1.807) is 17.6 Å². The summed E-state index contributed by atoms with van der Waals surface area (Å²) in [4.78, 5) is 26.6. The minimum atomic E-state index is -0.408. The number of pyridine rings is 1. The van der Waals surface area contributed by atoms with E-state index in [0.717, 1.165) is 51.8 Å². The number of fused-ring (bicyclic) bond motifs is 2. The van der Waals surface area contributed by atoms with Crippen LogP contribution in [0.1, 0.15) is 44.2 Å². The van der Waals surface area contributed by atoms with E-state index in [9.17, 15) is 9.90 Å². The number of nitrogens with zero attached hydrogens (tertiary/aromatic N) is 5. The first-order valence-corrected chi connectivity index (χ1v) is 15.3. The van der Waals surface area contributed by atoms with E-state index in [-0.39, 0.29) is 17.7 Å². The van der Waals surface area contributed by atoms with Gasteiger partial charge in [-0.1, -0.05) is 50.8 Å². The van der Waals surface area contributed by atoms with E-state index < -0.39 is 6.10 Å². The highest BCUT2D eigenvalue weighted by molar-refractivity contribution is 6.05.